The van der Waals surface area contributed by atoms with Crippen molar-refractivity contribution in [2.24, 2.45) is 0 Å². The number of rotatable bonds is 12. The van der Waals surface area contributed by atoms with Crippen LogP contribution in [0.4, 0.5) is 0 Å². The summed E-state index contributed by atoms with van der Waals surface area (Å²) < 4.78 is 23.6. The van der Waals surface area contributed by atoms with Crippen LogP contribution in [0.3, 0.4) is 0 Å². The Labute approximate surface area is 293 Å². The van der Waals surface area contributed by atoms with E-state index in [0.29, 0.717) is 17.2 Å². The van der Waals surface area contributed by atoms with Gasteiger partial charge in [-0.25, -0.2) is 14.0 Å². The van der Waals surface area contributed by atoms with Crippen molar-refractivity contribution in [2.45, 2.75) is 59.7 Å². The van der Waals surface area contributed by atoms with Gasteiger partial charge in [0, 0.05) is 34.8 Å². The van der Waals surface area contributed by atoms with Gasteiger partial charge in [-0.05, 0) is 114 Å². The lowest BCUT2D eigenvalue weighted by Gasteiger charge is -2.10. The Balaban J connectivity index is 1.13. The van der Waals surface area contributed by atoms with Crippen LogP contribution >= 0.6 is 0 Å². The smallest absolute Gasteiger partial charge is 0.331 e. The van der Waals surface area contributed by atoms with Gasteiger partial charge in [-0.2, -0.15) is 0 Å². The molecule has 0 aliphatic heterocycles. The molecule has 0 N–H and O–H groups in total. The Morgan fingerprint density at radius 1 is 0.392 bits per heavy atom. The van der Waals surface area contributed by atoms with Gasteiger partial charge in [0.05, 0.1) is 18.6 Å². The van der Waals surface area contributed by atoms with E-state index in [1.54, 1.807) is 36.4 Å². The molecule has 0 saturated heterocycles. The third-order valence-corrected chi connectivity index (χ3v) is 7.77. The molecule has 7 aromatic rings. The van der Waals surface area contributed by atoms with Crippen LogP contribution in [0, 0.1) is 0 Å². The van der Waals surface area contributed by atoms with E-state index in [1.165, 1.54) is 0 Å². The molecule has 3 aromatic carbocycles. The van der Waals surface area contributed by atoms with Gasteiger partial charge in [0.25, 0.3) is 0 Å². The third kappa shape index (κ3) is 7.72. The van der Waals surface area contributed by atoms with Gasteiger partial charge >= 0.3 is 18.0 Å². The zero-order valence-electron chi connectivity index (χ0n) is 29.0. The predicted octanol–water partition coefficient (Wildman–Crippen LogP) is 7.77. The second-order valence-electron chi connectivity index (χ2n) is 12.6. The first-order valence-corrected chi connectivity index (χ1v) is 16.5. The highest BCUT2D eigenvalue weighted by Crippen LogP contribution is 2.30. The van der Waals surface area contributed by atoms with Crippen LogP contribution in [0.15, 0.2) is 91.4 Å². The fourth-order valence-corrected chi connectivity index (χ4v) is 4.84. The van der Waals surface area contributed by atoms with Crippen molar-refractivity contribution in [1.82, 2.24) is 59.9 Å². The van der Waals surface area contributed by atoms with E-state index in [2.05, 4.69) is 45.9 Å². The van der Waals surface area contributed by atoms with Gasteiger partial charge in [-0.1, -0.05) is 15.6 Å². The molecule has 0 amide bonds. The number of hydrogen-bond acceptors (Lipinski definition) is 12. The van der Waals surface area contributed by atoms with Crippen molar-refractivity contribution >= 4 is 0 Å². The fourth-order valence-electron chi connectivity index (χ4n) is 4.84. The van der Waals surface area contributed by atoms with E-state index in [0.717, 1.165) is 33.8 Å². The number of nitrogens with zero attached hydrogens (tertiary/aromatic N) is 12. The normalized spacial score (nSPS) is 11.5. The van der Waals surface area contributed by atoms with Crippen LogP contribution in [-0.2, 0) is 0 Å². The van der Waals surface area contributed by atoms with E-state index >= 15 is 0 Å². The van der Waals surface area contributed by atoms with Gasteiger partial charge in [0.1, 0.15) is 34.3 Å². The van der Waals surface area contributed by atoms with Crippen molar-refractivity contribution in [3.05, 3.63) is 91.4 Å². The van der Waals surface area contributed by atoms with Crippen LogP contribution in [0.25, 0.3) is 33.8 Å². The zero-order chi connectivity index (χ0) is 35.5. The van der Waals surface area contributed by atoms with E-state index in [9.17, 15) is 0 Å². The first kappa shape index (κ1) is 33.0. The molecule has 15 nitrogen and oxygen atoms in total. The average Bonchev–Trinajstić information content (AvgIpc) is 3.91. The molecule has 0 bridgehead atoms. The van der Waals surface area contributed by atoms with Crippen LogP contribution in [0.5, 0.6) is 35.3 Å². The number of ether oxygens (including phenoxy) is 3. The minimum absolute atomic E-state index is 0.0164. The summed E-state index contributed by atoms with van der Waals surface area (Å²) in [4.78, 5) is 13.3. The highest BCUT2D eigenvalue weighted by molar-refractivity contribution is 5.60. The average molecular weight is 685 g/mol. The first-order chi connectivity index (χ1) is 24.7. The maximum Gasteiger partial charge on any atom is 0.331 e. The molecule has 0 saturated carbocycles. The number of benzene rings is 3. The van der Waals surface area contributed by atoms with Gasteiger partial charge in [0.15, 0.2) is 0 Å². The summed E-state index contributed by atoms with van der Waals surface area (Å²) in [6.45, 7) is 12.3. The van der Waals surface area contributed by atoms with E-state index in [4.69, 9.17) is 14.2 Å². The summed E-state index contributed by atoms with van der Waals surface area (Å²) in [7, 11) is 0. The van der Waals surface area contributed by atoms with Crippen LogP contribution in [0.2, 0.25) is 0 Å². The van der Waals surface area contributed by atoms with Crippen molar-refractivity contribution in [3.63, 3.8) is 0 Å². The summed E-state index contributed by atoms with van der Waals surface area (Å²) in [6.07, 6.45) is 5.72. The highest BCUT2D eigenvalue weighted by atomic mass is 16.5. The largest absolute Gasteiger partial charge is 0.424 e. The zero-order valence-corrected chi connectivity index (χ0v) is 29.0. The Morgan fingerprint density at radius 3 is 0.863 bits per heavy atom. The molecule has 4 aromatic heterocycles. The number of aromatic nitrogens is 12. The fraction of sp³-hybridized carbons (Fsp3) is 0.250. The van der Waals surface area contributed by atoms with Gasteiger partial charge in [0.2, 0.25) is 0 Å². The molecule has 4 heterocycles. The molecule has 0 spiro atoms. The minimum Gasteiger partial charge on any atom is -0.424 e. The number of hydrogen-bond donors (Lipinski definition) is 0. The van der Waals surface area contributed by atoms with Gasteiger partial charge in [-0.3, -0.25) is 0 Å². The maximum atomic E-state index is 6.07. The first-order valence-electron chi connectivity index (χ1n) is 16.5. The van der Waals surface area contributed by atoms with Gasteiger partial charge in [-0.15, -0.1) is 30.2 Å². The topological polar surface area (TPSA) is 158 Å². The van der Waals surface area contributed by atoms with Crippen molar-refractivity contribution in [3.8, 4) is 69.1 Å². The predicted molar refractivity (Wildman–Crippen MR) is 188 cm³/mol. The summed E-state index contributed by atoms with van der Waals surface area (Å²) in [6, 6.07) is 22.7. The lowest BCUT2D eigenvalue weighted by molar-refractivity contribution is 0.362. The molecular formula is C36H36N12O3. The molecule has 0 fully saturated rings. The molecule has 0 atom stereocenters. The summed E-state index contributed by atoms with van der Waals surface area (Å²) in [5, 5.41) is 25.4. The van der Waals surface area contributed by atoms with Crippen LogP contribution < -0.4 is 14.2 Å². The van der Waals surface area contributed by atoms with E-state index < -0.39 is 0 Å². The summed E-state index contributed by atoms with van der Waals surface area (Å²) >= 11 is 0. The SMILES string of the molecule is CC(C)n1cc(-c2ccc(Oc3nc(Oc4ccc(-c5cn(C(C)C)nn5)cc4)nc(Oc4ccc(-c5cn(C(C)C)nn5)cc4)n3)cc2)nn1. The third-order valence-electron chi connectivity index (χ3n) is 7.77. The second-order valence-corrected chi connectivity index (χ2v) is 12.6. The maximum absolute atomic E-state index is 6.07. The van der Waals surface area contributed by atoms with Gasteiger partial charge < -0.3 is 14.2 Å². The standard InChI is InChI=1S/C36H36N12O3/c1-22(2)46-19-31(40-43-46)25-7-13-28(14-8-25)49-34-37-35(50-29-15-9-26(10-16-29)32-20-47(23(3)4)44-41-32)39-36(38-34)51-30-17-11-27(12-18-30)33-21-48(24(5)6)45-42-33/h7-24H,1-6H3. The summed E-state index contributed by atoms with van der Waals surface area (Å²) in [5.74, 6) is 1.49. The molecule has 0 aliphatic rings. The lowest BCUT2D eigenvalue weighted by Crippen LogP contribution is -2.01. The van der Waals surface area contributed by atoms with Crippen molar-refractivity contribution in [2.75, 3.05) is 0 Å². The molecule has 258 valence electrons. The van der Waals surface area contributed by atoms with Crippen molar-refractivity contribution in [1.29, 1.82) is 0 Å². The molecule has 0 radical (unpaired) electrons. The molecule has 15 heteroatoms. The molecular weight excluding hydrogens is 648 g/mol. The Kier molecular flexibility index (Phi) is 9.16. The van der Waals surface area contributed by atoms with Crippen LogP contribution in [0.1, 0.15) is 59.7 Å². The monoisotopic (exact) mass is 684 g/mol. The minimum atomic E-state index is -0.0164. The highest BCUT2D eigenvalue weighted by Gasteiger charge is 2.15. The summed E-state index contributed by atoms with van der Waals surface area (Å²) in [5.41, 5.74) is 4.95. The van der Waals surface area contributed by atoms with Crippen LogP contribution in [-0.4, -0.2) is 59.9 Å². The quantitative estimate of drug-likeness (QED) is 0.123. The van der Waals surface area contributed by atoms with E-state index in [-0.39, 0.29) is 36.2 Å². The Bertz CT molecular complexity index is 1960. The molecule has 0 unspecified atom stereocenters. The second kappa shape index (κ2) is 14.2. The lowest BCUT2D eigenvalue weighted by atomic mass is 10.1. The molecule has 7 rings (SSSR count). The molecule has 0 aliphatic carbocycles. The Hall–Kier alpha value is -6.51. The Morgan fingerprint density at radius 2 is 0.647 bits per heavy atom. The van der Waals surface area contributed by atoms with Crippen molar-refractivity contribution < 1.29 is 14.2 Å². The molecule has 51 heavy (non-hydrogen) atoms. The van der Waals surface area contributed by atoms with E-state index in [1.807, 2.05) is 111 Å².